The number of amides is 1. The van der Waals surface area contributed by atoms with Crippen LogP contribution in [-0.4, -0.2) is 99.6 Å². The van der Waals surface area contributed by atoms with Crippen LogP contribution >= 0.6 is 0 Å². The highest BCUT2D eigenvalue weighted by atomic mass is 16.7. The molecule has 6 N–H and O–H groups in total. The van der Waals surface area contributed by atoms with Crippen LogP contribution in [0.25, 0.3) is 0 Å². The summed E-state index contributed by atoms with van der Waals surface area (Å²) in [4.78, 5) is 26.4. The maximum atomic E-state index is 13.3. The average molecular weight is 950 g/mol. The fourth-order valence-corrected chi connectivity index (χ4v) is 8.52. The van der Waals surface area contributed by atoms with Gasteiger partial charge in [0.25, 0.3) is 0 Å². The number of hydrogen-bond donors (Lipinski definition) is 6. The van der Waals surface area contributed by atoms with Crippen molar-refractivity contribution < 1.29 is 49.3 Å². The van der Waals surface area contributed by atoms with Gasteiger partial charge in [-0.2, -0.15) is 0 Å². The highest BCUT2D eigenvalue weighted by Crippen LogP contribution is 2.26. The zero-order valence-electron chi connectivity index (χ0n) is 43.0. The maximum Gasteiger partial charge on any atom is 0.306 e. The number of nitrogens with one attached hydrogen (secondary N) is 1. The third kappa shape index (κ3) is 34.0. The molecule has 0 aliphatic carbocycles. The van der Waals surface area contributed by atoms with Gasteiger partial charge < -0.3 is 45.1 Å². The fourth-order valence-electron chi connectivity index (χ4n) is 8.52. The molecule has 0 spiro atoms. The van der Waals surface area contributed by atoms with Crippen LogP contribution in [0.3, 0.4) is 0 Å². The van der Waals surface area contributed by atoms with Crippen molar-refractivity contribution in [3.05, 3.63) is 36.5 Å². The second kappa shape index (κ2) is 45.0. The molecule has 1 heterocycles. The lowest BCUT2D eigenvalue weighted by molar-refractivity contribution is -0.305. The quantitative estimate of drug-likeness (QED) is 0.0196. The molecular weight excluding hydrogens is 847 g/mol. The topological polar surface area (TPSA) is 175 Å². The molecule has 0 aromatic carbocycles. The van der Waals surface area contributed by atoms with Crippen LogP contribution in [0, 0.1) is 0 Å². The Kier molecular flexibility index (Phi) is 42.3. The van der Waals surface area contributed by atoms with Gasteiger partial charge in [-0.3, -0.25) is 9.59 Å². The highest BCUT2D eigenvalue weighted by Gasteiger charge is 2.47. The fraction of sp³-hybridized carbons (Fsp3) is 0.857. The Hall–Kier alpha value is -2.12. The van der Waals surface area contributed by atoms with Gasteiger partial charge in [0.2, 0.25) is 5.91 Å². The Morgan fingerprint density at radius 3 is 1.46 bits per heavy atom. The van der Waals surface area contributed by atoms with E-state index in [2.05, 4.69) is 50.4 Å². The summed E-state index contributed by atoms with van der Waals surface area (Å²) in [5.41, 5.74) is 0. The molecule has 392 valence electrons. The first-order valence-electron chi connectivity index (χ1n) is 27.8. The van der Waals surface area contributed by atoms with E-state index in [1.54, 1.807) is 6.08 Å². The lowest BCUT2D eigenvalue weighted by Gasteiger charge is -2.41. The molecule has 0 aromatic rings. The zero-order valence-corrected chi connectivity index (χ0v) is 43.0. The number of aliphatic hydroxyl groups excluding tert-OH is 5. The molecule has 0 radical (unpaired) electrons. The van der Waals surface area contributed by atoms with E-state index < -0.39 is 67.4 Å². The van der Waals surface area contributed by atoms with Gasteiger partial charge in [0.1, 0.15) is 24.4 Å². The third-order valence-electron chi connectivity index (χ3n) is 13.0. The van der Waals surface area contributed by atoms with E-state index in [-0.39, 0.29) is 19.4 Å². The van der Waals surface area contributed by atoms with Crippen LogP contribution in [0.15, 0.2) is 36.5 Å². The number of aliphatic hydroxyl groups is 5. The molecule has 1 rings (SSSR count). The van der Waals surface area contributed by atoms with Crippen molar-refractivity contribution in [1.82, 2.24) is 5.32 Å². The predicted octanol–water partition coefficient (Wildman–Crippen LogP) is 11.9. The molecule has 67 heavy (non-hydrogen) atoms. The predicted molar refractivity (Wildman–Crippen MR) is 274 cm³/mol. The number of carbonyl (C=O) groups is 2. The van der Waals surface area contributed by atoms with Gasteiger partial charge in [0.05, 0.1) is 25.4 Å². The third-order valence-corrected chi connectivity index (χ3v) is 13.0. The number of unbranched alkanes of at least 4 members (excludes halogenated alkanes) is 28. The van der Waals surface area contributed by atoms with E-state index in [1.165, 1.54) is 128 Å². The molecule has 1 saturated heterocycles. The van der Waals surface area contributed by atoms with Gasteiger partial charge in [-0.05, 0) is 77.0 Å². The minimum Gasteiger partial charge on any atom is -0.454 e. The minimum atomic E-state index is -1.61. The van der Waals surface area contributed by atoms with Gasteiger partial charge in [-0.25, -0.2) is 0 Å². The Balaban J connectivity index is 2.75. The minimum absolute atomic E-state index is 0.118. The summed E-state index contributed by atoms with van der Waals surface area (Å²) in [5.74, 6) is -1.21. The zero-order chi connectivity index (χ0) is 49.0. The maximum absolute atomic E-state index is 13.3. The standard InChI is InChI=1S/C56H103NO10/c1-4-7-10-13-16-19-22-24-25-26-29-32-35-38-41-44-51(61)67-54-53(63)52(62)50(45-58)66-56(54)65-46-47(48(59)42-39-36-33-30-27-21-18-15-12-9-6-3)57-55(64)49(60)43-40-37-34-31-28-23-20-17-14-11-8-5-2/h19,22,28,31,39,42,47-50,52-54,56,58-60,62-63H,4-18,20-21,23-27,29-30,32-38,40-41,43-46H2,1-3H3,(H,57,64)/b22-19-,31-28-,42-39+. The molecule has 11 nitrogen and oxygen atoms in total. The molecular formula is C56H103NO10. The lowest BCUT2D eigenvalue weighted by atomic mass is 9.99. The first-order valence-corrected chi connectivity index (χ1v) is 27.8. The van der Waals surface area contributed by atoms with Crippen LogP contribution < -0.4 is 5.32 Å². The number of esters is 1. The summed E-state index contributed by atoms with van der Waals surface area (Å²) in [6, 6.07) is -1.03. The summed E-state index contributed by atoms with van der Waals surface area (Å²) < 4.78 is 17.5. The van der Waals surface area contributed by atoms with E-state index in [4.69, 9.17) is 14.2 Å². The van der Waals surface area contributed by atoms with Crippen LogP contribution in [0.4, 0.5) is 0 Å². The van der Waals surface area contributed by atoms with Gasteiger partial charge in [-0.15, -0.1) is 0 Å². The first kappa shape index (κ1) is 62.9. The second-order valence-electron chi connectivity index (χ2n) is 19.3. The molecule has 0 bridgehead atoms. The lowest BCUT2D eigenvalue weighted by Crippen LogP contribution is -2.61. The van der Waals surface area contributed by atoms with Crippen molar-refractivity contribution >= 4 is 11.9 Å². The molecule has 8 atom stereocenters. The summed E-state index contributed by atoms with van der Waals surface area (Å²) in [7, 11) is 0. The summed E-state index contributed by atoms with van der Waals surface area (Å²) in [6.45, 7) is 5.73. The Morgan fingerprint density at radius 2 is 0.985 bits per heavy atom. The molecule has 1 aliphatic rings. The van der Waals surface area contributed by atoms with Gasteiger partial charge in [-0.1, -0.05) is 198 Å². The van der Waals surface area contributed by atoms with Gasteiger partial charge in [0.15, 0.2) is 12.4 Å². The number of hydrogen-bond acceptors (Lipinski definition) is 10. The summed E-state index contributed by atoms with van der Waals surface area (Å²) in [6.07, 6.45) is 40.5. The van der Waals surface area contributed by atoms with Crippen molar-refractivity contribution in [1.29, 1.82) is 0 Å². The first-order chi connectivity index (χ1) is 32.7. The molecule has 0 aromatic heterocycles. The van der Waals surface area contributed by atoms with Crippen LogP contribution in [0.2, 0.25) is 0 Å². The summed E-state index contributed by atoms with van der Waals surface area (Å²) in [5, 5.41) is 56.6. The largest absolute Gasteiger partial charge is 0.454 e. The van der Waals surface area contributed by atoms with Crippen molar-refractivity contribution in [3.8, 4) is 0 Å². The van der Waals surface area contributed by atoms with E-state index >= 15 is 0 Å². The Labute approximate surface area is 409 Å². The molecule has 1 fully saturated rings. The Bertz CT molecular complexity index is 1230. The normalized spacial score (nSPS) is 20.3. The SMILES string of the molecule is CCCCCC/C=C\CCCCCCCCCC(=O)OC1C(OCC(NC(=O)C(O)CCCC/C=C\CCCCCCCC)C(O)/C=C/CCCCCCCCCCC)OC(CO)C(O)C1O. The van der Waals surface area contributed by atoms with Crippen molar-refractivity contribution in [2.75, 3.05) is 13.2 Å². The summed E-state index contributed by atoms with van der Waals surface area (Å²) >= 11 is 0. The van der Waals surface area contributed by atoms with E-state index in [0.29, 0.717) is 12.8 Å². The van der Waals surface area contributed by atoms with Gasteiger partial charge >= 0.3 is 5.97 Å². The number of rotatable bonds is 46. The average Bonchev–Trinajstić information content (AvgIpc) is 3.32. The molecule has 1 amide bonds. The van der Waals surface area contributed by atoms with Crippen molar-refractivity contribution in [3.63, 3.8) is 0 Å². The number of ether oxygens (including phenoxy) is 3. The van der Waals surface area contributed by atoms with Crippen molar-refractivity contribution in [2.24, 2.45) is 0 Å². The number of allylic oxidation sites excluding steroid dienone is 5. The monoisotopic (exact) mass is 950 g/mol. The van der Waals surface area contributed by atoms with Crippen LogP contribution in [0.5, 0.6) is 0 Å². The Morgan fingerprint density at radius 1 is 0.567 bits per heavy atom. The molecule has 8 unspecified atom stereocenters. The van der Waals surface area contributed by atoms with Crippen LogP contribution in [-0.2, 0) is 23.8 Å². The van der Waals surface area contributed by atoms with Crippen molar-refractivity contribution in [2.45, 2.75) is 294 Å². The van der Waals surface area contributed by atoms with Crippen LogP contribution in [0.1, 0.15) is 245 Å². The molecule has 11 heteroatoms. The smallest absolute Gasteiger partial charge is 0.306 e. The second-order valence-corrected chi connectivity index (χ2v) is 19.3. The highest BCUT2D eigenvalue weighted by molar-refractivity contribution is 5.80. The van der Waals surface area contributed by atoms with Gasteiger partial charge in [0, 0.05) is 6.42 Å². The molecule has 1 aliphatic heterocycles. The molecule has 0 saturated carbocycles. The van der Waals surface area contributed by atoms with E-state index in [9.17, 15) is 35.1 Å². The van der Waals surface area contributed by atoms with E-state index in [0.717, 1.165) is 70.6 Å². The van der Waals surface area contributed by atoms with E-state index in [1.807, 2.05) is 6.08 Å². The number of carbonyl (C=O) groups excluding carboxylic acids is 2.